The molecule has 1 atom stereocenters. The Morgan fingerprint density at radius 3 is 2.43 bits per heavy atom. The second-order valence-corrected chi connectivity index (χ2v) is 7.28. The van der Waals surface area contributed by atoms with Crippen LogP contribution in [0.25, 0.3) is 0 Å². The molecule has 0 radical (unpaired) electrons. The predicted molar refractivity (Wildman–Crippen MR) is 106 cm³/mol. The fraction of sp³-hybridized carbons (Fsp3) is 0.238. The van der Waals surface area contributed by atoms with Gasteiger partial charge >= 0.3 is 6.18 Å². The molecule has 0 bridgehead atoms. The molecule has 1 unspecified atom stereocenters. The van der Waals surface area contributed by atoms with Crippen molar-refractivity contribution in [2.75, 3.05) is 6.54 Å². The Labute approximate surface area is 175 Å². The fourth-order valence-electron chi connectivity index (χ4n) is 3.40. The van der Waals surface area contributed by atoms with Crippen molar-refractivity contribution in [1.82, 2.24) is 4.90 Å². The molecule has 0 aliphatic carbocycles. The number of carbonyl (C=O) groups excluding carboxylic acids is 1. The van der Waals surface area contributed by atoms with Crippen molar-refractivity contribution < 1.29 is 22.4 Å². The van der Waals surface area contributed by atoms with E-state index in [-0.39, 0.29) is 29.9 Å². The van der Waals surface area contributed by atoms with E-state index < -0.39 is 34.5 Å². The van der Waals surface area contributed by atoms with Crippen LogP contribution in [0.5, 0.6) is 0 Å². The van der Waals surface area contributed by atoms with Gasteiger partial charge in [-0.25, -0.2) is 4.39 Å². The monoisotopic (exact) mass is 439 g/mol. The summed E-state index contributed by atoms with van der Waals surface area (Å²) in [6.45, 7) is 1.78. The highest BCUT2D eigenvalue weighted by atomic mass is 35.5. The van der Waals surface area contributed by atoms with Gasteiger partial charge in [0.15, 0.2) is 0 Å². The average Bonchev–Trinajstić information content (AvgIpc) is 2.69. The summed E-state index contributed by atoms with van der Waals surface area (Å²) in [6.07, 6.45) is -4.45. The molecule has 1 heterocycles. The van der Waals surface area contributed by atoms with Gasteiger partial charge in [-0.3, -0.25) is 10.2 Å². The first-order valence-electron chi connectivity index (χ1n) is 9.02. The number of amides is 1. The number of carbonyl (C=O) groups is 1. The zero-order valence-corrected chi connectivity index (χ0v) is 16.6. The lowest BCUT2D eigenvalue weighted by atomic mass is 9.91. The van der Waals surface area contributed by atoms with Crippen LogP contribution in [0.3, 0.4) is 0 Å². The second-order valence-electron chi connectivity index (χ2n) is 6.91. The van der Waals surface area contributed by atoms with Crippen LogP contribution in [0.15, 0.2) is 53.7 Å². The van der Waals surface area contributed by atoms with E-state index in [0.29, 0.717) is 11.1 Å². The summed E-state index contributed by atoms with van der Waals surface area (Å²) >= 11 is 5.89. The number of hydrogen-bond donors (Lipinski definition) is 2. The number of alkyl halides is 3. The topological polar surface area (TPSA) is 70.2 Å². The maximum absolute atomic E-state index is 13.1. The Morgan fingerprint density at radius 2 is 1.83 bits per heavy atom. The molecule has 158 valence electrons. The minimum Gasteiger partial charge on any atom is -0.400 e. The van der Waals surface area contributed by atoms with Crippen LogP contribution in [0.2, 0.25) is 5.02 Å². The van der Waals surface area contributed by atoms with Crippen LogP contribution >= 0.6 is 11.6 Å². The minimum absolute atomic E-state index is 0.114. The highest BCUT2D eigenvalue weighted by Gasteiger charge is 2.37. The van der Waals surface area contributed by atoms with Gasteiger partial charge in [-0.1, -0.05) is 17.7 Å². The second kappa shape index (κ2) is 8.10. The van der Waals surface area contributed by atoms with E-state index in [1.54, 1.807) is 6.92 Å². The lowest BCUT2D eigenvalue weighted by molar-refractivity contribution is -0.137. The Hall–Kier alpha value is -2.87. The molecule has 3 N–H and O–H groups in total. The number of hydrogen-bond acceptors (Lipinski definition) is 3. The molecule has 1 aliphatic rings. The highest BCUT2D eigenvalue weighted by Crippen LogP contribution is 2.37. The van der Waals surface area contributed by atoms with Crippen molar-refractivity contribution in [1.29, 1.82) is 5.41 Å². The average molecular weight is 440 g/mol. The van der Waals surface area contributed by atoms with Crippen molar-refractivity contribution in [3.05, 3.63) is 81.3 Å². The summed E-state index contributed by atoms with van der Waals surface area (Å²) < 4.78 is 52.5. The maximum atomic E-state index is 13.1. The van der Waals surface area contributed by atoms with Gasteiger partial charge in [0.2, 0.25) is 0 Å². The van der Waals surface area contributed by atoms with E-state index in [0.717, 1.165) is 12.1 Å². The van der Waals surface area contributed by atoms with Crippen molar-refractivity contribution in [3.63, 3.8) is 0 Å². The molecule has 9 heteroatoms. The van der Waals surface area contributed by atoms with E-state index in [1.165, 1.54) is 35.2 Å². The maximum Gasteiger partial charge on any atom is 0.417 e. The SMILES string of the molecule is CC1C(N)=C(C(=N)c2ccc(F)cc2)CCN1C(=O)c1cccc(C(F)(F)F)c1Cl. The molecule has 0 aromatic heterocycles. The van der Waals surface area contributed by atoms with E-state index >= 15 is 0 Å². The Kier molecular flexibility index (Phi) is 5.90. The van der Waals surface area contributed by atoms with E-state index in [9.17, 15) is 22.4 Å². The number of rotatable bonds is 3. The third-order valence-electron chi connectivity index (χ3n) is 5.10. The molecule has 2 aromatic carbocycles. The van der Waals surface area contributed by atoms with Crippen LogP contribution in [0.1, 0.15) is 34.8 Å². The van der Waals surface area contributed by atoms with E-state index in [1.807, 2.05) is 0 Å². The first-order valence-corrected chi connectivity index (χ1v) is 9.40. The first kappa shape index (κ1) is 21.8. The molecule has 30 heavy (non-hydrogen) atoms. The molecular weight excluding hydrogens is 422 g/mol. The highest BCUT2D eigenvalue weighted by molar-refractivity contribution is 6.34. The lowest BCUT2D eigenvalue weighted by Gasteiger charge is -2.36. The van der Waals surface area contributed by atoms with Gasteiger partial charge in [0.25, 0.3) is 5.91 Å². The van der Waals surface area contributed by atoms with Gasteiger partial charge in [0, 0.05) is 17.8 Å². The van der Waals surface area contributed by atoms with Gasteiger partial charge in [-0.05, 0) is 55.3 Å². The largest absolute Gasteiger partial charge is 0.417 e. The lowest BCUT2D eigenvalue weighted by Crippen LogP contribution is -2.46. The van der Waals surface area contributed by atoms with Crippen LogP contribution in [-0.2, 0) is 6.18 Å². The Balaban J connectivity index is 1.90. The molecule has 1 aliphatic heterocycles. The normalized spacial score (nSPS) is 17.3. The van der Waals surface area contributed by atoms with E-state index in [4.69, 9.17) is 22.7 Å². The van der Waals surface area contributed by atoms with Gasteiger partial charge in [0.05, 0.1) is 27.9 Å². The Bertz CT molecular complexity index is 1030. The third kappa shape index (κ3) is 4.05. The van der Waals surface area contributed by atoms with Crippen molar-refractivity contribution in [2.24, 2.45) is 5.73 Å². The third-order valence-corrected chi connectivity index (χ3v) is 5.51. The molecule has 2 aromatic rings. The summed E-state index contributed by atoms with van der Waals surface area (Å²) in [6, 6.07) is 7.91. The van der Waals surface area contributed by atoms with Crippen molar-refractivity contribution in [2.45, 2.75) is 25.6 Å². The van der Waals surface area contributed by atoms with Crippen molar-refractivity contribution in [3.8, 4) is 0 Å². The van der Waals surface area contributed by atoms with Crippen molar-refractivity contribution >= 4 is 23.2 Å². The summed E-state index contributed by atoms with van der Waals surface area (Å²) in [5, 5.41) is 7.72. The molecule has 0 saturated heterocycles. The van der Waals surface area contributed by atoms with Crippen LogP contribution in [0, 0.1) is 11.2 Å². The molecule has 0 saturated carbocycles. The standard InChI is InChI=1S/C21H18ClF4N3O/c1-11-18(27)15(19(28)12-5-7-13(23)8-6-12)9-10-29(11)20(30)14-3-2-4-16(17(14)22)21(24,25)26/h2-8,11,28H,9-10,27H2,1H3. The quantitative estimate of drug-likeness (QED) is 0.521. The summed E-state index contributed by atoms with van der Waals surface area (Å²) in [7, 11) is 0. The molecule has 0 spiro atoms. The zero-order chi connectivity index (χ0) is 22.2. The van der Waals surface area contributed by atoms with Gasteiger partial charge in [-0.2, -0.15) is 13.2 Å². The number of halogens is 5. The number of nitrogens with two attached hydrogens (primary N) is 1. The smallest absolute Gasteiger partial charge is 0.400 e. The number of nitrogens with one attached hydrogen (secondary N) is 1. The van der Waals surface area contributed by atoms with Gasteiger partial charge in [0.1, 0.15) is 5.82 Å². The van der Waals surface area contributed by atoms with Crippen LogP contribution < -0.4 is 5.73 Å². The molecule has 0 fully saturated rings. The fourth-order valence-corrected chi connectivity index (χ4v) is 3.71. The predicted octanol–water partition coefficient (Wildman–Crippen LogP) is 5.01. The van der Waals surface area contributed by atoms with Gasteiger partial charge < -0.3 is 10.6 Å². The minimum atomic E-state index is -4.68. The molecular formula is C21H18ClF4N3O. The van der Waals surface area contributed by atoms with E-state index in [2.05, 4.69) is 0 Å². The first-order chi connectivity index (χ1) is 14.0. The zero-order valence-electron chi connectivity index (χ0n) is 15.9. The molecule has 1 amide bonds. The molecule has 4 nitrogen and oxygen atoms in total. The summed E-state index contributed by atoms with van der Waals surface area (Å²) in [4.78, 5) is 14.3. The van der Waals surface area contributed by atoms with Crippen LogP contribution in [0.4, 0.5) is 17.6 Å². The number of nitrogens with zero attached hydrogens (tertiary/aromatic N) is 1. The van der Waals surface area contributed by atoms with Crippen LogP contribution in [-0.4, -0.2) is 29.1 Å². The number of benzene rings is 2. The van der Waals surface area contributed by atoms with Gasteiger partial charge in [-0.15, -0.1) is 0 Å². The Morgan fingerprint density at radius 1 is 1.20 bits per heavy atom. The summed E-state index contributed by atoms with van der Waals surface area (Å²) in [5.41, 5.74) is 6.20. The summed E-state index contributed by atoms with van der Waals surface area (Å²) in [5.74, 6) is -1.10. The molecule has 3 rings (SSSR count).